The Kier molecular flexibility index (Phi) is 6.35. The topological polar surface area (TPSA) is 90.7 Å². The minimum atomic E-state index is -0.479. The Balaban J connectivity index is 2.13. The summed E-state index contributed by atoms with van der Waals surface area (Å²) in [4.78, 5) is 23.0. The molecule has 0 bridgehead atoms. The van der Waals surface area contributed by atoms with Crippen molar-refractivity contribution < 1.29 is 19.2 Å². The molecule has 0 saturated carbocycles. The third kappa shape index (κ3) is 4.48. The Morgan fingerprint density at radius 1 is 1.20 bits per heavy atom. The number of nitro benzene ring substituents is 1. The molecule has 25 heavy (non-hydrogen) atoms. The number of ether oxygens (including phenoxy) is 2. The van der Waals surface area contributed by atoms with Gasteiger partial charge in [0.05, 0.1) is 30.8 Å². The molecule has 132 valence electrons. The number of carbonyl (C=O) groups excluding carboxylic acids is 1. The number of hydrogen-bond donors (Lipinski definition) is 1. The van der Waals surface area contributed by atoms with E-state index in [9.17, 15) is 14.9 Å². The number of nitrogens with zero attached hydrogens (tertiary/aromatic N) is 1. The largest absolute Gasteiger partial charge is 0.493 e. The van der Waals surface area contributed by atoms with Crippen LogP contribution >= 0.6 is 15.9 Å². The second-order valence-electron chi connectivity index (χ2n) is 5.08. The second-order valence-corrected chi connectivity index (χ2v) is 5.93. The number of nitrogens with one attached hydrogen (secondary N) is 1. The van der Waals surface area contributed by atoms with Crippen molar-refractivity contribution in [2.24, 2.45) is 0 Å². The van der Waals surface area contributed by atoms with Gasteiger partial charge in [-0.1, -0.05) is 12.1 Å². The Bertz CT molecular complexity index is 795. The van der Waals surface area contributed by atoms with Crippen LogP contribution in [0, 0.1) is 10.1 Å². The maximum Gasteiger partial charge on any atom is 0.276 e. The van der Waals surface area contributed by atoms with E-state index in [2.05, 4.69) is 21.2 Å². The standard InChI is InChI=1S/C17H17BrN2O5/c1-24-15-9-11(14(20(22)23)10-16(15)25-2)7-8-19-17(21)12-5-3-4-6-13(12)18/h3-6,9-10H,7-8H2,1-2H3,(H,19,21). The number of halogens is 1. The van der Waals surface area contributed by atoms with E-state index in [-0.39, 0.29) is 30.3 Å². The number of hydrogen-bond acceptors (Lipinski definition) is 5. The molecule has 0 heterocycles. The zero-order valence-corrected chi connectivity index (χ0v) is 15.3. The molecule has 0 aliphatic rings. The first kappa shape index (κ1) is 18.7. The molecule has 0 atom stereocenters. The Morgan fingerprint density at radius 2 is 1.84 bits per heavy atom. The first-order chi connectivity index (χ1) is 12.0. The van der Waals surface area contributed by atoms with Gasteiger partial charge in [-0.15, -0.1) is 0 Å². The fraction of sp³-hybridized carbons (Fsp3) is 0.235. The van der Waals surface area contributed by atoms with Crippen molar-refractivity contribution in [2.75, 3.05) is 20.8 Å². The molecule has 7 nitrogen and oxygen atoms in total. The Morgan fingerprint density at radius 3 is 2.44 bits per heavy atom. The van der Waals surface area contributed by atoms with Gasteiger partial charge in [-0.05, 0) is 40.5 Å². The summed E-state index contributed by atoms with van der Waals surface area (Å²) in [6, 6.07) is 9.92. The van der Waals surface area contributed by atoms with Crippen molar-refractivity contribution in [3.63, 3.8) is 0 Å². The molecule has 0 aliphatic carbocycles. The van der Waals surface area contributed by atoms with Crippen LogP contribution in [0.5, 0.6) is 11.5 Å². The lowest BCUT2D eigenvalue weighted by atomic mass is 10.1. The number of methoxy groups -OCH3 is 2. The van der Waals surface area contributed by atoms with Gasteiger partial charge < -0.3 is 14.8 Å². The molecule has 8 heteroatoms. The average Bonchev–Trinajstić information content (AvgIpc) is 2.61. The van der Waals surface area contributed by atoms with Crippen molar-refractivity contribution in [1.82, 2.24) is 5.32 Å². The molecule has 2 rings (SSSR count). The van der Waals surface area contributed by atoms with Crippen molar-refractivity contribution >= 4 is 27.5 Å². The lowest BCUT2D eigenvalue weighted by Gasteiger charge is -2.11. The van der Waals surface area contributed by atoms with Crippen molar-refractivity contribution in [3.8, 4) is 11.5 Å². The molecule has 0 unspecified atom stereocenters. The monoisotopic (exact) mass is 408 g/mol. The molecule has 0 radical (unpaired) electrons. The Labute approximate surface area is 153 Å². The summed E-state index contributed by atoms with van der Waals surface area (Å²) < 4.78 is 11.0. The fourth-order valence-electron chi connectivity index (χ4n) is 2.33. The van der Waals surface area contributed by atoms with Crippen LogP contribution in [0.1, 0.15) is 15.9 Å². The van der Waals surface area contributed by atoms with Gasteiger partial charge in [0.2, 0.25) is 0 Å². The van der Waals surface area contributed by atoms with Gasteiger partial charge in [-0.3, -0.25) is 14.9 Å². The predicted molar refractivity (Wildman–Crippen MR) is 96.4 cm³/mol. The van der Waals surface area contributed by atoms with E-state index in [1.807, 2.05) is 6.07 Å². The van der Waals surface area contributed by atoms with Gasteiger partial charge in [0.1, 0.15) is 0 Å². The van der Waals surface area contributed by atoms with Gasteiger partial charge in [0.25, 0.3) is 11.6 Å². The van der Waals surface area contributed by atoms with E-state index >= 15 is 0 Å². The zero-order valence-electron chi connectivity index (χ0n) is 13.7. The highest BCUT2D eigenvalue weighted by Crippen LogP contribution is 2.34. The maximum absolute atomic E-state index is 12.2. The third-order valence-electron chi connectivity index (χ3n) is 3.58. The number of benzene rings is 2. The van der Waals surface area contributed by atoms with Crippen molar-refractivity contribution in [1.29, 1.82) is 0 Å². The first-order valence-electron chi connectivity index (χ1n) is 7.40. The number of nitro groups is 1. The van der Waals surface area contributed by atoms with E-state index in [0.29, 0.717) is 21.3 Å². The van der Waals surface area contributed by atoms with E-state index in [1.54, 1.807) is 24.3 Å². The molecule has 2 aromatic rings. The van der Waals surface area contributed by atoms with Gasteiger partial charge in [0.15, 0.2) is 11.5 Å². The van der Waals surface area contributed by atoms with E-state index in [0.717, 1.165) is 0 Å². The maximum atomic E-state index is 12.2. The third-order valence-corrected chi connectivity index (χ3v) is 4.27. The molecule has 0 spiro atoms. The molecule has 1 N–H and O–H groups in total. The highest BCUT2D eigenvalue weighted by Gasteiger charge is 2.19. The van der Waals surface area contributed by atoms with Crippen LogP contribution < -0.4 is 14.8 Å². The smallest absolute Gasteiger partial charge is 0.276 e. The minimum Gasteiger partial charge on any atom is -0.493 e. The Hall–Kier alpha value is -2.61. The minimum absolute atomic E-state index is 0.0761. The van der Waals surface area contributed by atoms with Gasteiger partial charge in [-0.2, -0.15) is 0 Å². The lowest BCUT2D eigenvalue weighted by molar-refractivity contribution is -0.385. The SMILES string of the molecule is COc1cc(CCNC(=O)c2ccccc2Br)c([N+](=O)[O-])cc1OC. The summed E-state index contributed by atoms with van der Waals surface area (Å²) in [5.41, 5.74) is 0.882. The molecular weight excluding hydrogens is 392 g/mol. The van der Waals surface area contributed by atoms with Crippen LogP contribution in [0.3, 0.4) is 0 Å². The summed E-state index contributed by atoms with van der Waals surface area (Å²) >= 11 is 3.32. The van der Waals surface area contributed by atoms with Crippen LogP contribution in [-0.2, 0) is 6.42 Å². The zero-order chi connectivity index (χ0) is 18.4. The first-order valence-corrected chi connectivity index (χ1v) is 8.19. The van der Waals surface area contributed by atoms with Gasteiger partial charge in [-0.25, -0.2) is 0 Å². The summed E-state index contributed by atoms with van der Waals surface area (Å²) in [6.07, 6.45) is 0.285. The lowest BCUT2D eigenvalue weighted by Crippen LogP contribution is -2.26. The van der Waals surface area contributed by atoms with Crippen LogP contribution in [0.4, 0.5) is 5.69 Å². The fourth-order valence-corrected chi connectivity index (χ4v) is 2.80. The van der Waals surface area contributed by atoms with E-state index in [4.69, 9.17) is 9.47 Å². The summed E-state index contributed by atoms with van der Waals surface area (Å²) in [5.74, 6) is 0.436. The predicted octanol–water partition coefficient (Wildman–Crippen LogP) is 3.35. The number of rotatable bonds is 7. The van der Waals surface area contributed by atoms with E-state index < -0.39 is 4.92 Å². The number of carbonyl (C=O) groups is 1. The molecular formula is C17H17BrN2O5. The van der Waals surface area contributed by atoms with Gasteiger partial charge >= 0.3 is 0 Å². The quantitative estimate of drug-likeness (QED) is 0.560. The highest BCUT2D eigenvalue weighted by atomic mass is 79.9. The van der Waals surface area contributed by atoms with Gasteiger partial charge in [0, 0.05) is 16.6 Å². The average molecular weight is 409 g/mol. The van der Waals surface area contributed by atoms with Crippen molar-refractivity contribution in [3.05, 3.63) is 62.1 Å². The summed E-state index contributed by atoms with van der Waals surface area (Å²) in [5, 5.41) is 14.0. The van der Waals surface area contributed by atoms with Crippen LogP contribution in [0.25, 0.3) is 0 Å². The van der Waals surface area contributed by atoms with E-state index in [1.165, 1.54) is 20.3 Å². The highest BCUT2D eigenvalue weighted by molar-refractivity contribution is 9.10. The van der Waals surface area contributed by atoms with Crippen LogP contribution in [-0.4, -0.2) is 31.6 Å². The van der Waals surface area contributed by atoms with Crippen molar-refractivity contribution in [2.45, 2.75) is 6.42 Å². The summed E-state index contributed by atoms with van der Waals surface area (Å²) in [6.45, 7) is 0.247. The molecule has 1 amide bonds. The molecule has 0 aromatic heterocycles. The molecule has 0 saturated heterocycles. The van der Waals surface area contributed by atoms with Crippen LogP contribution in [0.2, 0.25) is 0 Å². The normalized spacial score (nSPS) is 10.2. The molecule has 0 aliphatic heterocycles. The second kappa shape index (κ2) is 8.48. The summed E-state index contributed by atoms with van der Waals surface area (Å²) in [7, 11) is 2.88. The van der Waals surface area contributed by atoms with Crippen LogP contribution in [0.15, 0.2) is 40.9 Å². The number of amides is 1. The molecule has 0 fully saturated rings. The molecule has 2 aromatic carbocycles.